The molecule has 0 saturated carbocycles. The minimum Gasteiger partial charge on any atom is -0.497 e. The maximum absolute atomic E-state index is 13.3. The summed E-state index contributed by atoms with van der Waals surface area (Å²) in [6.07, 6.45) is -2.48. The van der Waals surface area contributed by atoms with E-state index in [4.69, 9.17) is 18.6 Å². The summed E-state index contributed by atoms with van der Waals surface area (Å²) >= 11 is 0. The Morgan fingerprint density at radius 2 is 1.66 bits per heavy atom. The molecular weight excluding hydrogens is 510 g/mol. The smallest absolute Gasteiger partial charge is 0.356 e. The third-order valence-corrected chi connectivity index (χ3v) is 12.0. The van der Waals surface area contributed by atoms with Gasteiger partial charge in [-0.2, -0.15) is 0 Å². The van der Waals surface area contributed by atoms with Crippen LogP contribution in [0.4, 0.5) is 0 Å². The van der Waals surface area contributed by atoms with Crippen LogP contribution in [0.1, 0.15) is 47.1 Å². The molecule has 5 atom stereocenters. The Kier molecular flexibility index (Phi) is 10.3. The third kappa shape index (κ3) is 7.21. The maximum atomic E-state index is 13.3. The number of ketones is 1. The SMILES string of the molecule is COc1ccc(COC(=O)C(O)N2C(=O)[C@H]([C@@H](C)O[Si](C)(C)C(C)(C)C)[C@H]2[C@@H](C)C(=O)COC(C)=O)cc1. The summed E-state index contributed by atoms with van der Waals surface area (Å²) in [6, 6.07) is 5.98. The monoisotopic (exact) mass is 551 g/mol. The standard InChI is InChI=1S/C27H41NO9Si/c1-16(21(30)15-35-18(3)29)23-22(17(2)37-38(8,9)27(4,5)6)24(31)28(23)25(32)26(33)36-14-19-10-12-20(34-7)13-11-19/h10-13,16-17,22-23,25,32H,14-15H2,1-9H3/t16-,17+,22+,23+,25?/m0/s1. The Labute approximate surface area is 225 Å². The number of aliphatic hydroxyl groups is 1. The number of benzene rings is 1. The van der Waals surface area contributed by atoms with Crippen molar-refractivity contribution in [3.8, 4) is 5.75 Å². The number of esters is 2. The topological polar surface area (TPSA) is 129 Å². The average Bonchev–Trinajstić information content (AvgIpc) is 2.82. The molecule has 1 aromatic carbocycles. The number of likely N-dealkylation sites (tertiary alicyclic amines) is 1. The van der Waals surface area contributed by atoms with Gasteiger partial charge in [0.25, 0.3) is 0 Å². The first-order valence-electron chi connectivity index (χ1n) is 12.7. The van der Waals surface area contributed by atoms with Gasteiger partial charge < -0.3 is 28.6 Å². The van der Waals surface area contributed by atoms with Gasteiger partial charge in [0, 0.05) is 12.8 Å². The van der Waals surface area contributed by atoms with E-state index in [0.29, 0.717) is 11.3 Å². The number of amides is 1. The van der Waals surface area contributed by atoms with Gasteiger partial charge in [0.1, 0.15) is 19.0 Å². The fourth-order valence-corrected chi connectivity index (χ4v) is 5.57. The Hall–Kier alpha value is -2.76. The van der Waals surface area contributed by atoms with Crippen LogP contribution in [0, 0.1) is 11.8 Å². The van der Waals surface area contributed by atoms with E-state index in [1.54, 1.807) is 38.1 Å². The molecule has 0 aromatic heterocycles. The molecule has 0 bridgehead atoms. The second kappa shape index (κ2) is 12.4. The van der Waals surface area contributed by atoms with E-state index in [-0.39, 0.29) is 11.6 Å². The lowest BCUT2D eigenvalue weighted by molar-refractivity contribution is -0.202. The molecule has 1 amide bonds. The van der Waals surface area contributed by atoms with Crippen molar-refractivity contribution in [2.24, 2.45) is 11.8 Å². The van der Waals surface area contributed by atoms with Gasteiger partial charge in [-0.05, 0) is 42.8 Å². The number of rotatable bonds is 12. The molecule has 38 heavy (non-hydrogen) atoms. The van der Waals surface area contributed by atoms with Gasteiger partial charge in [0.15, 0.2) is 14.1 Å². The van der Waals surface area contributed by atoms with Gasteiger partial charge in [-0.15, -0.1) is 0 Å². The molecule has 0 spiro atoms. The summed E-state index contributed by atoms with van der Waals surface area (Å²) < 4.78 is 21.7. The van der Waals surface area contributed by atoms with E-state index in [1.807, 2.05) is 0 Å². The number of carbonyl (C=O) groups is 4. The van der Waals surface area contributed by atoms with Crippen LogP contribution in [-0.2, 0) is 39.7 Å². The molecule has 11 heteroatoms. The average molecular weight is 552 g/mol. The second-order valence-corrected chi connectivity index (χ2v) is 16.0. The number of hydrogen-bond acceptors (Lipinski definition) is 9. The van der Waals surface area contributed by atoms with E-state index >= 15 is 0 Å². The maximum Gasteiger partial charge on any atom is 0.356 e. The lowest BCUT2D eigenvalue weighted by Gasteiger charge is -2.53. The molecule has 1 aliphatic rings. The molecule has 212 valence electrons. The molecule has 10 nitrogen and oxygen atoms in total. The normalized spacial score (nSPS) is 20.2. The Morgan fingerprint density at radius 1 is 1.08 bits per heavy atom. The number of aliphatic hydroxyl groups excluding tert-OH is 1. The lowest BCUT2D eigenvalue weighted by Crippen LogP contribution is -2.72. The van der Waals surface area contributed by atoms with Gasteiger partial charge in [0.2, 0.25) is 12.1 Å². The summed E-state index contributed by atoms with van der Waals surface area (Å²) in [6.45, 7) is 14.3. The van der Waals surface area contributed by atoms with Crippen molar-refractivity contribution in [1.29, 1.82) is 0 Å². The fraction of sp³-hybridized carbons (Fsp3) is 0.630. The van der Waals surface area contributed by atoms with Crippen molar-refractivity contribution in [2.45, 2.75) is 84.7 Å². The molecule has 1 aliphatic heterocycles. The van der Waals surface area contributed by atoms with Gasteiger partial charge in [-0.3, -0.25) is 14.4 Å². The van der Waals surface area contributed by atoms with Gasteiger partial charge in [0.05, 0.1) is 25.2 Å². The molecule has 1 aromatic rings. The highest BCUT2D eigenvalue weighted by Crippen LogP contribution is 2.42. The highest BCUT2D eigenvalue weighted by Gasteiger charge is 2.58. The van der Waals surface area contributed by atoms with E-state index in [0.717, 1.165) is 4.90 Å². The van der Waals surface area contributed by atoms with Crippen molar-refractivity contribution in [3.63, 3.8) is 0 Å². The molecule has 1 unspecified atom stereocenters. The molecule has 0 radical (unpaired) electrons. The van der Waals surface area contributed by atoms with Crippen molar-refractivity contribution in [2.75, 3.05) is 13.7 Å². The fourth-order valence-electron chi connectivity index (χ4n) is 4.14. The van der Waals surface area contributed by atoms with Crippen molar-refractivity contribution in [3.05, 3.63) is 29.8 Å². The van der Waals surface area contributed by atoms with Crippen LogP contribution in [0.25, 0.3) is 0 Å². The number of hydrogen-bond donors (Lipinski definition) is 1. The quantitative estimate of drug-likeness (QED) is 0.237. The number of ether oxygens (including phenoxy) is 3. The molecule has 2 rings (SSSR count). The number of Topliss-reactive ketones (excluding diaryl/α,β-unsaturated/α-hetero) is 1. The minimum absolute atomic E-state index is 0.120. The zero-order valence-electron chi connectivity index (χ0n) is 23.8. The van der Waals surface area contributed by atoms with E-state index in [1.165, 1.54) is 14.0 Å². The molecule has 1 saturated heterocycles. The van der Waals surface area contributed by atoms with Crippen molar-refractivity contribution < 1.29 is 42.9 Å². The van der Waals surface area contributed by atoms with Crippen molar-refractivity contribution >= 4 is 31.9 Å². The first-order valence-corrected chi connectivity index (χ1v) is 15.6. The molecular formula is C27H41NO9Si. The molecule has 1 fully saturated rings. The first-order chi connectivity index (χ1) is 17.5. The largest absolute Gasteiger partial charge is 0.497 e. The minimum atomic E-state index is -2.28. The summed E-state index contributed by atoms with van der Waals surface area (Å²) in [7, 11) is -0.744. The number of carbonyl (C=O) groups excluding carboxylic acids is 4. The Bertz CT molecular complexity index is 1020. The molecule has 1 heterocycles. The zero-order valence-corrected chi connectivity index (χ0v) is 24.8. The van der Waals surface area contributed by atoms with Crippen molar-refractivity contribution in [1.82, 2.24) is 4.90 Å². The van der Waals surface area contributed by atoms with Gasteiger partial charge >= 0.3 is 11.9 Å². The van der Waals surface area contributed by atoms with Crippen LogP contribution >= 0.6 is 0 Å². The van der Waals surface area contributed by atoms with E-state index in [9.17, 15) is 24.3 Å². The summed E-state index contributed by atoms with van der Waals surface area (Å²) in [5.74, 6) is -3.55. The third-order valence-electron chi connectivity index (χ3n) is 7.47. The second-order valence-electron chi connectivity index (χ2n) is 11.2. The molecule has 1 N–H and O–H groups in total. The first kappa shape index (κ1) is 31.5. The zero-order chi connectivity index (χ0) is 29.0. The van der Waals surface area contributed by atoms with E-state index < -0.39 is 68.8 Å². The van der Waals surface area contributed by atoms with Crippen LogP contribution in [0.5, 0.6) is 5.75 Å². The summed E-state index contributed by atoms with van der Waals surface area (Å²) in [5, 5.41) is 10.7. The lowest BCUT2D eigenvalue weighted by atomic mass is 9.75. The highest BCUT2D eigenvalue weighted by molar-refractivity contribution is 6.74. The molecule has 0 aliphatic carbocycles. The summed E-state index contributed by atoms with van der Waals surface area (Å²) in [4.78, 5) is 51.1. The van der Waals surface area contributed by atoms with E-state index in [2.05, 4.69) is 33.9 Å². The Morgan fingerprint density at radius 3 is 2.16 bits per heavy atom. The highest BCUT2D eigenvalue weighted by atomic mass is 28.4. The van der Waals surface area contributed by atoms with Crippen LogP contribution in [0.3, 0.4) is 0 Å². The predicted octanol–water partition coefficient (Wildman–Crippen LogP) is 3.06. The number of β-lactam (4-membered cyclic amide) rings is 1. The van der Waals surface area contributed by atoms with Crippen LogP contribution in [0.2, 0.25) is 18.1 Å². The van der Waals surface area contributed by atoms with Crippen LogP contribution in [-0.4, -0.2) is 74.0 Å². The predicted molar refractivity (Wildman–Crippen MR) is 141 cm³/mol. The number of nitrogens with zero attached hydrogens (tertiary/aromatic N) is 1. The Balaban J connectivity index is 2.23. The summed E-state index contributed by atoms with van der Waals surface area (Å²) in [5.41, 5.74) is 0.664. The van der Waals surface area contributed by atoms with Crippen LogP contribution < -0.4 is 4.74 Å². The van der Waals surface area contributed by atoms with Crippen LogP contribution in [0.15, 0.2) is 24.3 Å². The van der Waals surface area contributed by atoms with Gasteiger partial charge in [-0.1, -0.05) is 39.8 Å². The van der Waals surface area contributed by atoms with Gasteiger partial charge in [-0.25, -0.2) is 4.79 Å². The number of methoxy groups -OCH3 is 1.